The van der Waals surface area contributed by atoms with Crippen LogP contribution < -0.4 is 5.32 Å². The van der Waals surface area contributed by atoms with Gasteiger partial charge < -0.3 is 5.32 Å². The first kappa shape index (κ1) is 13.4. The Balaban J connectivity index is 1.89. The lowest BCUT2D eigenvalue weighted by Gasteiger charge is -2.17. The van der Waals surface area contributed by atoms with Gasteiger partial charge >= 0.3 is 0 Å². The second-order valence-electron chi connectivity index (χ2n) is 5.30. The molecular formula is C15H20ClNO. The smallest absolute Gasteiger partial charge is 0.223 e. The van der Waals surface area contributed by atoms with Crippen LogP contribution >= 0.6 is 11.6 Å². The molecule has 0 bridgehead atoms. The van der Waals surface area contributed by atoms with Crippen molar-refractivity contribution in [2.45, 2.75) is 44.5 Å². The van der Waals surface area contributed by atoms with Crippen molar-refractivity contribution in [1.82, 2.24) is 5.32 Å². The lowest BCUT2D eigenvalue weighted by Crippen LogP contribution is -2.38. The highest BCUT2D eigenvalue weighted by Gasteiger charge is 2.27. The first-order valence-corrected chi connectivity index (χ1v) is 7.01. The van der Waals surface area contributed by atoms with Gasteiger partial charge in [0.05, 0.1) is 0 Å². The standard InChI is InChI=1S/C15H20ClNO/c1-10(16)7-11(2)17-15(18)14-8-12-5-3-4-6-13(12)9-14/h3-6,10-11,14H,7-9H2,1-2H3,(H,17,18). The maximum absolute atomic E-state index is 12.2. The number of benzene rings is 1. The number of hydrogen-bond acceptors (Lipinski definition) is 1. The number of carbonyl (C=O) groups excluding carboxylic acids is 1. The molecule has 0 saturated carbocycles. The number of rotatable bonds is 4. The Kier molecular flexibility index (Phi) is 4.28. The summed E-state index contributed by atoms with van der Waals surface area (Å²) < 4.78 is 0. The highest BCUT2D eigenvalue weighted by molar-refractivity contribution is 6.20. The van der Waals surface area contributed by atoms with Gasteiger partial charge in [-0.15, -0.1) is 11.6 Å². The van der Waals surface area contributed by atoms with E-state index in [0.29, 0.717) is 0 Å². The van der Waals surface area contributed by atoms with Gasteiger partial charge in [-0.3, -0.25) is 4.79 Å². The summed E-state index contributed by atoms with van der Waals surface area (Å²) in [6.07, 6.45) is 2.54. The maximum Gasteiger partial charge on any atom is 0.223 e. The fourth-order valence-electron chi connectivity index (χ4n) is 2.65. The molecule has 0 aliphatic heterocycles. The number of alkyl halides is 1. The minimum absolute atomic E-state index is 0.0930. The molecule has 0 radical (unpaired) electrons. The predicted molar refractivity (Wildman–Crippen MR) is 74.9 cm³/mol. The van der Waals surface area contributed by atoms with E-state index in [-0.39, 0.29) is 23.2 Å². The fourth-order valence-corrected chi connectivity index (χ4v) is 2.92. The van der Waals surface area contributed by atoms with E-state index in [0.717, 1.165) is 19.3 Å². The maximum atomic E-state index is 12.2. The van der Waals surface area contributed by atoms with Gasteiger partial charge in [-0.05, 0) is 44.2 Å². The summed E-state index contributed by atoms with van der Waals surface area (Å²) in [5, 5.41) is 3.16. The minimum atomic E-state index is 0.0930. The summed E-state index contributed by atoms with van der Waals surface area (Å²) >= 11 is 5.94. The average Bonchev–Trinajstić information content (AvgIpc) is 2.71. The summed E-state index contributed by atoms with van der Waals surface area (Å²) in [5.41, 5.74) is 2.63. The van der Waals surface area contributed by atoms with Gasteiger partial charge in [0.1, 0.15) is 0 Å². The lowest BCUT2D eigenvalue weighted by molar-refractivity contribution is -0.125. The molecule has 1 aromatic carbocycles. The quantitative estimate of drug-likeness (QED) is 0.834. The van der Waals surface area contributed by atoms with Gasteiger partial charge in [-0.2, -0.15) is 0 Å². The molecule has 1 N–H and O–H groups in total. The fraction of sp³-hybridized carbons (Fsp3) is 0.533. The Morgan fingerprint density at radius 3 is 2.39 bits per heavy atom. The third kappa shape index (κ3) is 3.26. The molecule has 18 heavy (non-hydrogen) atoms. The zero-order chi connectivity index (χ0) is 13.1. The van der Waals surface area contributed by atoms with Crippen LogP contribution in [0.4, 0.5) is 0 Å². The number of halogens is 1. The van der Waals surface area contributed by atoms with Crippen LogP contribution in [-0.4, -0.2) is 17.3 Å². The average molecular weight is 266 g/mol. The molecule has 1 aliphatic carbocycles. The van der Waals surface area contributed by atoms with Crippen molar-refractivity contribution in [1.29, 1.82) is 0 Å². The molecule has 2 rings (SSSR count). The zero-order valence-corrected chi connectivity index (χ0v) is 11.7. The van der Waals surface area contributed by atoms with Crippen molar-refractivity contribution in [2.75, 3.05) is 0 Å². The normalized spacial score (nSPS) is 18.2. The van der Waals surface area contributed by atoms with E-state index in [2.05, 4.69) is 17.4 Å². The molecule has 0 saturated heterocycles. The van der Waals surface area contributed by atoms with Gasteiger partial charge in [0, 0.05) is 17.3 Å². The van der Waals surface area contributed by atoms with E-state index in [9.17, 15) is 4.79 Å². The Morgan fingerprint density at radius 1 is 1.33 bits per heavy atom. The first-order valence-electron chi connectivity index (χ1n) is 6.57. The summed E-state index contributed by atoms with van der Waals surface area (Å²) in [5.74, 6) is 0.256. The Labute approximate surface area is 114 Å². The molecule has 2 nitrogen and oxygen atoms in total. The molecule has 1 amide bonds. The molecule has 1 aliphatic rings. The van der Waals surface area contributed by atoms with Crippen molar-refractivity contribution in [2.24, 2.45) is 5.92 Å². The van der Waals surface area contributed by atoms with E-state index in [1.54, 1.807) is 0 Å². The second kappa shape index (κ2) is 5.75. The summed E-state index contributed by atoms with van der Waals surface area (Å²) in [6.45, 7) is 3.97. The van der Waals surface area contributed by atoms with Crippen LogP contribution in [0.25, 0.3) is 0 Å². The Hall–Kier alpha value is -1.02. The molecule has 3 heteroatoms. The second-order valence-corrected chi connectivity index (χ2v) is 6.05. The van der Waals surface area contributed by atoms with Gasteiger partial charge in [0.15, 0.2) is 0 Å². The van der Waals surface area contributed by atoms with Crippen molar-refractivity contribution in [3.05, 3.63) is 35.4 Å². The monoisotopic (exact) mass is 265 g/mol. The molecule has 0 heterocycles. The van der Waals surface area contributed by atoms with Crippen molar-refractivity contribution in [3.63, 3.8) is 0 Å². The molecule has 0 spiro atoms. The Bertz CT molecular complexity index is 405. The number of fused-ring (bicyclic) bond motifs is 1. The molecular weight excluding hydrogens is 246 g/mol. The molecule has 1 aromatic rings. The van der Waals surface area contributed by atoms with Crippen LogP contribution in [-0.2, 0) is 17.6 Å². The van der Waals surface area contributed by atoms with Gasteiger partial charge in [-0.1, -0.05) is 24.3 Å². The van der Waals surface area contributed by atoms with Gasteiger partial charge in [0.25, 0.3) is 0 Å². The number of nitrogens with one attached hydrogen (secondary N) is 1. The van der Waals surface area contributed by atoms with Gasteiger partial charge in [-0.25, -0.2) is 0 Å². The van der Waals surface area contributed by atoms with Crippen molar-refractivity contribution < 1.29 is 4.79 Å². The summed E-state index contributed by atoms with van der Waals surface area (Å²) in [4.78, 5) is 12.2. The highest BCUT2D eigenvalue weighted by Crippen LogP contribution is 2.26. The van der Waals surface area contributed by atoms with E-state index >= 15 is 0 Å². The number of carbonyl (C=O) groups is 1. The third-order valence-electron chi connectivity index (χ3n) is 3.49. The predicted octanol–water partition coefficient (Wildman–Crippen LogP) is 2.92. The van der Waals surface area contributed by atoms with Crippen molar-refractivity contribution >= 4 is 17.5 Å². The van der Waals surface area contributed by atoms with Gasteiger partial charge in [0.2, 0.25) is 5.91 Å². The van der Waals surface area contributed by atoms with E-state index in [1.165, 1.54) is 11.1 Å². The molecule has 2 unspecified atom stereocenters. The van der Waals surface area contributed by atoms with E-state index < -0.39 is 0 Å². The van der Waals surface area contributed by atoms with Crippen LogP contribution in [0.15, 0.2) is 24.3 Å². The number of hydrogen-bond donors (Lipinski definition) is 1. The third-order valence-corrected chi connectivity index (χ3v) is 3.67. The highest BCUT2D eigenvalue weighted by atomic mass is 35.5. The lowest BCUT2D eigenvalue weighted by atomic mass is 10.0. The summed E-state index contributed by atoms with van der Waals surface area (Å²) in [6, 6.07) is 8.46. The molecule has 0 aromatic heterocycles. The molecule has 98 valence electrons. The SMILES string of the molecule is CC(Cl)CC(C)NC(=O)C1Cc2ccccc2C1. The zero-order valence-electron chi connectivity index (χ0n) is 10.9. The van der Waals surface area contributed by atoms with Crippen LogP contribution in [0.2, 0.25) is 0 Å². The molecule has 2 atom stereocenters. The topological polar surface area (TPSA) is 29.1 Å². The first-order chi connectivity index (χ1) is 8.56. The minimum Gasteiger partial charge on any atom is -0.353 e. The van der Waals surface area contributed by atoms with Crippen molar-refractivity contribution in [3.8, 4) is 0 Å². The van der Waals surface area contributed by atoms with Crippen LogP contribution in [0.3, 0.4) is 0 Å². The number of amides is 1. The van der Waals surface area contributed by atoms with E-state index in [1.807, 2.05) is 26.0 Å². The van der Waals surface area contributed by atoms with E-state index in [4.69, 9.17) is 11.6 Å². The van der Waals surface area contributed by atoms with Crippen LogP contribution in [0.5, 0.6) is 0 Å². The molecule has 0 fully saturated rings. The largest absolute Gasteiger partial charge is 0.353 e. The van der Waals surface area contributed by atoms with Crippen LogP contribution in [0.1, 0.15) is 31.4 Å². The Morgan fingerprint density at radius 2 is 1.89 bits per heavy atom. The van der Waals surface area contributed by atoms with Crippen LogP contribution in [0, 0.1) is 5.92 Å². The summed E-state index contributed by atoms with van der Waals surface area (Å²) in [7, 11) is 0.